The van der Waals surface area contributed by atoms with Crippen molar-refractivity contribution in [2.75, 3.05) is 5.73 Å². The number of nitrogen functional groups attached to an aromatic ring is 1. The number of thiazole rings is 1. The van der Waals surface area contributed by atoms with Crippen molar-refractivity contribution in [1.82, 2.24) is 9.97 Å². The van der Waals surface area contributed by atoms with Crippen LogP contribution in [-0.4, -0.2) is 9.97 Å². The van der Waals surface area contributed by atoms with Gasteiger partial charge in [-0.15, -0.1) is 11.3 Å². The maximum absolute atomic E-state index is 12.7. The van der Waals surface area contributed by atoms with E-state index in [2.05, 4.69) is 9.97 Å². The van der Waals surface area contributed by atoms with Crippen LogP contribution in [0.4, 0.5) is 9.52 Å². The van der Waals surface area contributed by atoms with Gasteiger partial charge in [-0.3, -0.25) is 4.98 Å². The molecule has 0 aromatic carbocycles. The minimum atomic E-state index is -0.426. The summed E-state index contributed by atoms with van der Waals surface area (Å²) in [4.78, 5) is 7.66. The fraction of sp³-hybridized carbons (Fsp3) is 0.111. The van der Waals surface area contributed by atoms with E-state index in [1.807, 2.05) is 0 Å². The highest BCUT2D eigenvalue weighted by Crippen LogP contribution is 2.15. The topological polar surface area (TPSA) is 61.0 Å². The fourth-order valence-electron chi connectivity index (χ4n) is 1.02. The summed E-state index contributed by atoms with van der Waals surface area (Å²) in [5.41, 5.74) is 6.18. The molecule has 0 saturated heterocycles. The van der Waals surface area contributed by atoms with Gasteiger partial charge < -0.3 is 10.5 Å². The lowest BCUT2D eigenvalue weighted by atomic mass is 10.4. The Morgan fingerprint density at radius 2 is 2.33 bits per heavy atom. The minimum Gasteiger partial charge on any atom is -0.486 e. The van der Waals surface area contributed by atoms with E-state index in [0.717, 1.165) is 11.9 Å². The van der Waals surface area contributed by atoms with Gasteiger partial charge in [0.05, 0.1) is 18.1 Å². The van der Waals surface area contributed by atoms with E-state index in [1.54, 1.807) is 5.38 Å². The molecular weight excluding hydrogens is 217 g/mol. The summed E-state index contributed by atoms with van der Waals surface area (Å²) in [5, 5.41) is 2.29. The van der Waals surface area contributed by atoms with Crippen molar-refractivity contribution in [3.63, 3.8) is 0 Å². The van der Waals surface area contributed by atoms with Gasteiger partial charge in [0, 0.05) is 11.4 Å². The van der Waals surface area contributed by atoms with Crippen LogP contribution >= 0.6 is 11.3 Å². The maximum atomic E-state index is 12.7. The molecule has 2 aromatic rings. The number of nitrogens with two attached hydrogens (primary N) is 1. The molecule has 0 aliphatic rings. The Morgan fingerprint density at radius 1 is 1.47 bits per heavy atom. The SMILES string of the molecule is Nc1nc(COc2cncc(F)c2)cs1. The quantitative estimate of drug-likeness (QED) is 0.865. The molecular formula is C9H8FN3OS. The molecule has 0 fully saturated rings. The van der Waals surface area contributed by atoms with E-state index in [-0.39, 0.29) is 6.61 Å². The highest BCUT2D eigenvalue weighted by molar-refractivity contribution is 7.13. The van der Waals surface area contributed by atoms with Crippen LogP contribution in [0.3, 0.4) is 0 Å². The second-order valence-corrected chi connectivity index (χ2v) is 3.69. The van der Waals surface area contributed by atoms with Crippen molar-refractivity contribution in [2.24, 2.45) is 0 Å². The normalized spacial score (nSPS) is 10.2. The van der Waals surface area contributed by atoms with Crippen LogP contribution in [0.25, 0.3) is 0 Å². The van der Waals surface area contributed by atoms with Crippen molar-refractivity contribution in [3.8, 4) is 5.75 Å². The first kappa shape index (κ1) is 9.85. The maximum Gasteiger partial charge on any atom is 0.180 e. The molecule has 0 unspecified atom stereocenters. The molecule has 0 aliphatic carbocycles. The average molecular weight is 225 g/mol. The Balaban J connectivity index is 1.99. The van der Waals surface area contributed by atoms with Crippen LogP contribution in [0.1, 0.15) is 5.69 Å². The fourth-order valence-corrected chi connectivity index (χ4v) is 1.57. The Labute approximate surface area is 89.6 Å². The number of nitrogens with zero attached hydrogens (tertiary/aromatic N) is 2. The van der Waals surface area contributed by atoms with Gasteiger partial charge in [0.15, 0.2) is 5.13 Å². The first-order valence-electron chi connectivity index (χ1n) is 4.17. The third-order valence-electron chi connectivity index (χ3n) is 1.64. The number of halogens is 1. The van der Waals surface area contributed by atoms with Crippen LogP contribution < -0.4 is 10.5 Å². The van der Waals surface area contributed by atoms with Gasteiger partial charge in [0.2, 0.25) is 0 Å². The zero-order valence-electron chi connectivity index (χ0n) is 7.68. The van der Waals surface area contributed by atoms with Crippen molar-refractivity contribution in [2.45, 2.75) is 6.61 Å². The molecule has 6 heteroatoms. The molecule has 2 N–H and O–H groups in total. The van der Waals surface area contributed by atoms with Gasteiger partial charge >= 0.3 is 0 Å². The number of hydrogen-bond acceptors (Lipinski definition) is 5. The molecule has 4 nitrogen and oxygen atoms in total. The summed E-state index contributed by atoms with van der Waals surface area (Å²) in [6, 6.07) is 1.27. The van der Waals surface area contributed by atoms with E-state index < -0.39 is 5.82 Å². The number of aromatic nitrogens is 2. The minimum absolute atomic E-state index is 0.263. The molecule has 0 bridgehead atoms. The lowest BCUT2D eigenvalue weighted by Gasteiger charge is -2.02. The molecule has 0 amide bonds. The molecule has 2 heterocycles. The molecule has 0 spiro atoms. The van der Waals surface area contributed by atoms with Gasteiger partial charge in [-0.25, -0.2) is 9.37 Å². The summed E-state index contributed by atoms with van der Waals surface area (Å²) in [7, 11) is 0. The number of ether oxygens (including phenoxy) is 1. The molecule has 2 rings (SSSR count). The zero-order valence-corrected chi connectivity index (χ0v) is 8.50. The van der Waals surface area contributed by atoms with Crippen LogP contribution in [0.5, 0.6) is 5.75 Å². The Morgan fingerprint density at radius 3 is 3.00 bits per heavy atom. The van der Waals surface area contributed by atoms with Gasteiger partial charge in [0.25, 0.3) is 0 Å². The first-order valence-corrected chi connectivity index (χ1v) is 5.05. The third kappa shape index (κ3) is 2.63. The van der Waals surface area contributed by atoms with E-state index >= 15 is 0 Å². The Hall–Kier alpha value is -1.69. The smallest absolute Gasteiger partial charge is 0.180 e. The van der Waals surface area contributed by atoms with Gasteiger partial charge in [-0.1, -0.05) is 0 Å². The third-order valence-corrected chi connectivity index (χ3v) is 2.36. The van der Waals surface area contributed by atoms with E-state index in [4.69, 9.17) is 10.5 Å². The summed E-state index contributed by atoms with van der Waals surface area (Å²) >= 11 is 1.34. The number of anilines is 1. The highest BCUT2D eigenvalue weighted by Gasteiger charge is 2.01. The lowest BCUT2D eigenvalue weighted by molar-refractivity contribution is 0.299. The van der Waals surface area contributed by atoms with E-state index in [9.17, 15) is 4.39 Å². The summed E-state index contributed by atoms with van der Waals surface area (Å²) < 4.78 is 18.0. The van der Waals surface area contributed by atoms with Crippen LogP contribution in [-0.2, 0) is 6.61 Å². The average Bonchev–Trinajstić information content (AvgIpc) is 2.62. The predicted octanol–water partition coefficient (Wildman–Crippen LogP) is 1.84. The Kier molecular flexibility index (Phi) is 2.77. The Bertz CT molecular complexity index is 460. The van der Waals surface area contributed by atoms with E-state index in [1.165, 1.54) is 23.6 Å². The van der Waals surface area contributed by atoms with Gasteiger partial charge in [-0.05, 0) is 0 Å². The van der Waals surface area contributed by atoms with Crippen LogP contribution in [0.2, 0.25) is 0 Å². The molecule has 0 atom stereocenters. The standard InChI is InChI=1S/C9H8FN3OS/c10-6-1-8(3-12-2-6)14-4-7-5-15-9(11)13-7/h1-3,5H,4H2,(H2,11,13). The molecule has 2 aromatic heterocycles. The molecule has 0 aliphatic heterocycles. The van der Waals surface area contributed by atoms with Crippen molar-refractivity contribution >= 4 is 16.5 Å². The summed E-state index contributed by atoms with van der Waals surface area (Å²) in [5.74, 6) is -0.0492. The monoisotopic (exact) mass is 225 g/mol. The van der Waals surface area contributed by atoms with Crippen molar-refractivity contribution < 1.29 is 9.13 Å². The predicted molar refractivity (Wildman–Crippen MR) is 55.1 cm³/mol. The summed E-state index contributed by atoms with van der Waals surface area (Å²) in [6.07, 6.45) is 2.56. The van der Waals surface area contributed by atoms with Crippen LogP contribution in [0.15, 0.2) is 23.8 Å². The summed E-state index contributed by atoms with van der Waals surface area (Å²) in [6.45, 7) is 0.263. The first-order chi connectivity index (χ1) is 7.24. The van der Waals surface area contributed by atoms with E-state index in [0.29, 0.717) is 10.9 Å². The second-order valence-electron chi connectivity index (χ2n) is 2.80. The molecule has 78 valence electrons. The van der Waals surface area contributed by atoms with Gasteiger partial charge in [-0.2, -0.15) is 0 Å². The molecule has 0 radical (unpaired) electrons. The highest BCUT2D eigenvalue weighted by atomic mass is 32.1. The van der Waals surface area contributed by atoms with Crippen molar-refractivity contribution in [3.05, 3.63) is 35.4 Å². The lowest BCUT2D eigenvalue weighted by Crippen LogP contribution is -1.97. The van der Waals surface area contributed by atoms with Crippen LogP contribution in [0, 0.1) is 5.82 Å². The molecule has 15 heavy (non-hydrogen) atoms. The van der Waals surface area contributed by atoms with Crippen molar-refractivity contribution in [1.29, 1.82) is 0 Å². The van der Waals surface area contributed by atoms with Gasteiger partial charge in [0.1, 0.15) is 18.2 Å². The number of pyridine rings is 1. The molecule has 0 saturated carbocycles. The number of rotatable bonds is 3. The second kappa shape index (κ2) is 4.22. The largest absolute Gasteiger partial charge is 0.486 e. The zero-order chi connectivity index (χ0) is 10.7. The number of hydrogen-bond donors (Lipinski definition) is 1.